The summed E-state index contributed by atoms with van der Waals surface area (Å²) in [6.07, 6.45) is 3.93. The van der Waals surface area contributed by atoms with Crippen molar-refractivity contribution in [2.24, 2.45) is 0 Å². The SMILES string of the molecule is CNCCCCCN(C)Cc1cccs1. The van der Waals surface area contributed by atoms with Gasteiger partial charge < -0.3 is 10.2 Å². The Bertz CT molecular complexity index is 234. The molecule has 0 aliphatic carbocycles. The molecule has 86 valence electrons. The number of thiophene rings is 1. The van der Waals surface area contributed by atoms with E-state index in [9.17, 15) is 0 Å². The van der Waals surface area contributed by atoms with Crippen molar-refractivity contribution in [3.8, 4) is 0 Å². The van der Waals surface area contributed by atoms with Crippen molar-refractivity contribution < 1.29 is 0 Å². The van der Waals surface area contributed by atoms with Crippen LogP contribution in [0.15, 0.2) is 17.5 Å². The van der Waals surface area contributed by atoms with Crippen molar-refractivity contribution in [3.63, 3.8) is 0 Å². The highest BCUT2D eigenvalue weighted by atomic mass is 32.1. The number of unbranched alkanes of at least 4 members (excludes halogenated alkanes) is 2. The molecule has 0 amide bonds. The Morgan fingerprint density at radius 3 is 2.87 bits per heavy atom. The van der Waals surface area contributed by atoms with Crippen LogP contribution >= 0.6 is 11.3 Å². The summed E-state index contributed by atoms with van der Waals surface area (Å²) in [7, 11) is 4.22. The van der Waals surface area contributed by atoms with Gasteiger partial charge >= 0.3 is 0 Å². The summed E-state index contributed by atoms with van der Waals surface area (Å²) >= 11 is 1.85. The molecule has 2 nitrogen and oxygen atoms in total. The zero-order valence-electron chi connectivity index (χ0n) is 9.83. The number of nitrogens with zero attached hydrogens (tertiary/aromatic N) is 1. The molecule has 0 saturated carbocycles. The maximum absolute atomic E-state index is 3.18. The van der Waals surface area contributed by atoms with Gasteiger partial charge in [-0.15, -0.1) is 11.3 Å². The summed E-state index contributed by atoms with van der Waals surface area (Å²) in [4.78, 5) is 3.87. The minimum absolute atomic E-state index is 1.10. The van der Waals surface area contributed by atoms with Crippen molar-refractivity contribution in [1.82, 2.24) is 10.2 Å². The van der Waals surface area contributed by atoms with Gasteiger partial charge in [-0.1, -0.05) is 12.5 Å². The van der Waals surface area contributed by atoms with Crippen LogP contribution in [0.3, 0.4) is 0 Å². The van der Waals surface area contributed by atoms with Crippen LogP contribution in [-0.2, 0) is 6.54 Å². The highest BCUT2D eigenvalue weighted by Gasteiger charge is 2.00. The van der Waals surface area contributed by atoms with Gasteiger partial charge in [-0.2, -0.15) is 0 Å². The highest BCUT2D eigenvalue weighted by molar-refractivity contribution is 7.09. The average Bonchev–Trinajstić information content (AvgIpc) is 2.70. The summed E-state index contributed by atoms with van der Waals surface area (Å²) in [6, 6.07) is 4.34. The Labute approximate surface area is 97.3 Å². The van der Waals surface area contributed by atoms with Crippen LogP contribution in [0.1, 0.15) is 24.1 Å². The zero-order chi connectivity index (χ0) is 10.9. The van der Waals surface area contributed by atoms with E-state index in [1.54, 1.807) is 0 Å². The van der Waals surface area contributed by atoms with Crippen LogP contribution < -0.4 is 5.32 Å². The largest absolute Gasteiger partial charge is 0.320 e. The molecule has 15 heavy (non-hydrogen) atoms. The fraction of sp³-hybridized carbons (Fsp3) is 0.667. The molecule has 0 unspecified atom stereocenters. The van der Waals surface area contributed by atoms with Gasteiger partial charge in [-0.25, -0.2) is 0 Å². The lowest BCUT2D eigenvalue weighted by atomic mass is 10.2. The summed E-state index contributed by atoms with van der Waals surface area (Å²) in [5.74, 6) is 0. The first-order valence-corrected chi connectivity index (χ1v) is 6.56. The summed E-state index contributed by atoms with van der Waals surface area (Å²) in [5, 5.41) is 5.33. The number of nitrogens with one attached hydrogen (secondary N) is 1. The van der Waals surface area contributed by atoms with E-state index in [2.05, 4.69) is 34.8 Å². The fourth-order valence-corrected chi connectivity index (χ4v) is 2.39. The molecule has 1 heterocycles. The zero-order valence-corrected chi connectivity index (χ0v) is 10.6. The second-order valence-corrected chi connectivity index (χ2v) is 5.01. The second-order valence-electron chi connectivity index (χ2n) is 3.98. The molecule has 1 aromatic rings. The predicted molar refractivity (Wildman–Crippen MR) is 68.4 cm³/mol. The monoisotopic (exact) mass is 226 g/mol. The molecule has 0 aliphatic heterocycles. The Balaban J connectivity index is 2.01. The van der Waals surface area contributed by atoms with Gasteiger partial charge in [0.1, 0.15) is 0 Å². The van der Waals surface area contributed by atoms with Crippen LogP contribution in [0.25, 0.3) is 0 Å². The third-order valence-electron chi connectivity index (χ3n) is 2.47. The van der Waals surface area contributed by atoms with E-state index in [1.807, 2.05) is 18.4 Å². The predicted octanol–water partition coefficient (Wildman–Crippen LogP) is 2.57. The van der Waals surface area contributed by atoms with Gasteiger partial charge in [-0.3, -0.25) is 0 Å². The lowest BCUT2D eigenvalue weighted by molar-refractivity contribution is 0.320. The molecule has 0 aromatic carbocycles. The van der Waals surface area contributed by atoms with Gasteiger partial charge in [0.15, 0.2) is 0 Å². The van der Waals surface area contributed by atoms with Crippen molar-refractivity contribution >= 4 is 11.3 Å². The molecule has 0 spiro atoms. The molecular weight excluding hydrogens is 204 g/mol. The first-order valence-electron chi connectivity index (χ1n) is 5.68. The van der Waals surface area contributed by atoms with Crippen LogP contribution in [0.2, 0.25) is 0 Å². The summed E-state index contributed by atoms with van der Waals surface area (Å²) in [5.41, 5.74) is 0. The summed E-state index contributed by atoms with van der Waals surface area (Å²) < 4.78 is 0. The van der Waals surface area contributed by atoms with Crippen molar-refractivity contribution in [2.45, 2.75) is 25.8 Å². The molecule has 3 heteroatoms. The van der Waals surface area contributed by atoms with Crippen LogP contribution in [0.5, 0.6) is 0 Å². The Morgan fingerprint density at radius 2 is 2.20 bits per heavy atom. The van der Waals surface area contributed by atoms with Crippen LogP contribution in [0.4, 0.5) is 0 Å². The van der Waals surface area contributed by atoms with Gasteiger partial charge in [0.05, 0.1) is 0 Å². The molecular formula is C12H22N2S. The van der Waals surface area contributed by atoms with E-state index in [4.69, 9.17) is 0 Å². The maximum Gasteiger partial charge on any atom is 0.0324 e. The lowest BCUT2D eigenvalue weighted by Gasteiger charge is -2.15. The molecule has 0 fully saturated rings. The molecule has 0 bridgehead atoms. The van der Waals surface area contributed by atoms with E-state index in [0.29, 0.717) is 0 Å². The van der Waals surface area contributed by atoms with Gasteiger partial charge in [0.2, 0.25) is 0 Å². The van der Waals surface area contributed by atoms with E-state index in [0.717, 1.165) is 13.1 Å². The van der Waals surface area contributed by atoms with Crippen molar-refractivity contribution in [3.05, 3.63) is 22.4 Å². The topological polar surface area (TPSA) is 15.3 Å². The third-order valence-corrected chi connectivity index (χ3v) is 3.33. The van der Waals surface area contributed by atoms with Crippen LogP contribution in [-0.4, -0.2) is 32.1 Å². The Hall–Kier alpha value is -0.380. The van der Waals surface area contributed by atoms with Crippen molar-refractivity contribution in [2.75, 3.05) is 27.2 Å². The molecule has 0 radical (unpaired) electrons. The van der Waals surface area contributed by atoms with Crippen LogP contribution in [0, 0.1) is 0 Å². The first kappa shape index (κ1) is 12.7. The minimum atomic E-state index is 1.10. The van der Waals surface area contributed by atoms with E-state index < -0.39 is 0 Å². The fourth-order valence-electron chi connectivity index (χ4n) is 1.61. The molecule has 1 rings (SSSR count). The highest BCUT2D eigenvalue weighted by Crippen LogP contribution is 2.11. The maximum atomic E-state index is 3.18. The molecule has 0 saturated heterocycles. The smallest absolute Gasteiger partial charge is 0.0324 e. The van der Waals surface area contributed by atoms with Crippen molar-refractivity contribution in [1.29, 1.82) is 0 Å². The van der Waals surface area contributed by atoms with Gasteiger partial charge in [-0.05, 0) is 51.5 Å². The first-order chi connectivity index (χ1) is 7.33. The molecule has 0 atom stereocenters. The van der Waals surface area contributed by atoms with Gasteiger partial charge in [0, 0.05) is 11.4 Å². The second kappa shape index (κ2) is 7.85. The summed E-state index contributed by atoms with van der Waals surface area (Å²) in [6.45, 7) is 3.46. The minimum Gasteiger partial charge on any atom is -0.320 e. The number of rotatable bonds is 8. The number of hydrogen-bond donors (Lipinski definition) is 1. The van der Waals surface area contributed by atoms with Gasteiger partial charge in [0.25, 0.3) is 0 Å². The van der Waals surface area contributed by atoms with E-state index in [1.165, 1.54) is 30.7 Å². The standard InChI is InChI=1S/C12H22N2S/c1-13-8-4-3-5-9-14(2)11-12-7-6-10-15-12/h6-7,10,13H,3-5,8-9,11H2,1-2H3. The third kappa shape index (κ3) is 5.92. The number of hydrogen-bond acceptors (Lipinski definition) is 3. The lowest BCUT2D eigenvalue weighted by Crippen LogP contribution is -2.18. The average molecular weight is 226 g/mol. The quantitative estimate of drug-likeness (QED) is 0.685. The van der Waals surface area contributed by atoms with E-state index >= 15 is 0 Å². The Kier molecular flexibility index (Phi) is 6.64. The molecule has 1 aromatic heterocycles. The normalized spacial score (nSPS) is 11.1. The molecule has 1 N–H and O–H groups in total. The molecule has 0 aliphatic rings. The van der Waals surface area contributed by atoms with E-state index in [-0.39, 0.29) is 0 Å². The Morgan fingerprint density at radius 1 is 1.33 bits per heavy atom.